The Kier molecular flexibility index (Phi) is 14.7. The van der Waals surface area contributed by atoms with Crippen LogP contribution >= 0.6 is 0 Å². The monoisotopic (exact) mass is 694 g/mol. The maximum atomic E-state index is 2.57. The SMILES string of the molecule is CCCCN(CCCC)c1ccc(N(c2ccc(N(CCCC)CCCC)cc2)c2ccc(N(c3ccc(C)cc3)c3ccc(C)cc3)cc2)cc1. The van der Waals surface area contributed by atoms with Crippen LogP contribution in [-0.4, -0.2) is 26.2 Å². The highest BCUT2D eigenvalue weighted by Crippen LogP contribution is 2.40. The lowest BCUT2D eigenvalue weighted by molar-refractivity contribution is 0.678. The van der Waals surface area contributed by atoms with Crippen molar-refractivity contribution in [3.8, 4) is 0 Å². The van der Waals surface area contributed by atoms with E-state index in [-0.39, 0.29) is 0 Å². The fourth-order valence-corrected chi connectivity index (χ4v) is 6.79. The number of hydrogen-bond acceptors (Lipinski definition) is 4. The quantitative estimate of drug-likeness (QED) is 0.0804. The highest BCUT2D eigenvalue weighted by Gasteiger charge is 2.17. The molecule has 0 heterocycles. The van der Waals surface area contributed by atoms with Crippen molar-refractivity contribution in [3.05, 3.63) is 132 Å². The topological polar surface area (TPSA) is 13.0 Å². The molecule has 0 saturated carbocycles. The lowest BCUT2D eigenvalue weighted by atomic mass is 10.1. The summed E-state index contributed by atoms with van der Waals surface area (Å²) in [5.74, 6) is 0. The smallest absolute Gasteiger partial charge is 0.0463 e. The summed E-state index contributed by atoms with van der Waals surface area (Å²) in [5, 5.41) is 0. The summed E-state index contributed by atoms with van der Waals surface area (Å²) in [6.45, 7) is 17.8. The van der Waals surface area contributed by atoms with Crippen molar-refractivity contribution in [1.29, 1.82) is 0 Å². The van der Waals surface area contributed by atoms with E-state index in [4.69, 9.17) is 0 Å². The molecule has 0 aliphatic rings. The van der Waals surface area contributed by atoms with Crippen molar-refractivity contribution >= 4 is 45.5 Å². The molecule has 0 radical (unpaired) electrons. The fourth-order valence-electron chi connectivity index (χ4n) is 6.79. The number of nitrogens with zero attached hydrogens (tertiary/aromatic N) is 4. The number of anilines is 8. The molecular weight excluding hydrogens is 633 g/mol. The zero-order valence-corrected chi connectivity index (χ0v) is 32.8. The van der Waals surface area contributed by atoms with E-state index in [9.17, 15) is 0 Å². The van der Waals surface area contributed by atoms with Crippen LogP contribution in [0, 0.1) is 13.8 Å². The van der Waals surface area contributed by atoms with Crippen LogP contribution in [0.15, 0.2) is 121 Å². The second-order valence-corrected chi connectivity index (χ2v) is 14.3. The molecule has 0 amide bonds. The molecule has 5 aromatic carbocycles. The van der Waals surface area contributed by atoms with Crippen LogP contribution < -0.4 is 19.6 Å². The normalized spacial score (nSPS) is 11.0. The predicted octanol–water partition coefficient (Wildman–Crippen LogP) is 14.1. The largest absolute Gasteiger partial charge is 0.372 e. The van der Waals surface area contributed by atoms with Crippen molar-refractivity contribution in [2.24, 2.45) is 0 Å². The lowest BCUT2D eigenvalue weighted by Gasteiger charge is -2.30. The Morgan fingerprint density at radius 3 is 0.692 bits per heavy atom. The van der Waals surface area contributed by atoms with E-state index in [1.807, 2.05) is 0 Å². The number of hydrogen-bond donors (Lipinski definition) is 0. The third kappa shape index (κ3) is 10.2. The molecule has 0 fully saturated rings. The van der Waals surface area contributed by atoms with Gasteiger partial charge in [-0.2, -0.15) is 0 Å². The van der Waals surface area contributed by atoms with Crippen LogP contribution in [-0.2, 0) is 0 Å². The molecular formula is C48H62N4. The molecule has 4 heteroatoms. The zero-order valence-electron chi connectivity index (χ0n) is 32.8. The van der Waals surface area contributed by atoms with Gasteiger partial charge in [-0.15, -0.1) is 0 Å². The van der Waals surface area contributed by atoms with E-state index in [1.165, 1.54) is 73.9 Å². The van der Waals surface area contributed by atoms with Crippen molar-refractivity contribution in [1.82, 2.24) is 0 Å². The van der Waals surface area contributed by atoms with Gasteiger partial charge in [-0.1, -0.05) is 88.8 Å². The Morgan fingerprint density at radius 1 is 0.288 bits per heavy atom. The van der Waals surface area contributed by atoms with Crippen LogP contribution in [0.1, 0.15) is 90.2 Å². The summed E-state index contributed by atoms with van der Waals surface area (Å²) in [7, 11) is 0. The maximum absolute atomic E-state index is 2.57. The van der Waals surface area contributed by atoms with Crippen LogP contribution in [0.25, 0.3) is 0 Å². The molecule has 5 aromatic rings. The van der Waals surface area contributed by atoms with Gasteiger partial charge in [0.2, 0.25) is 0 Å². The molecule has 4 nitrogen and oxygen atoms in total. The predicted molar refractivity (Wildman–Crippen MR) is 229 cm³/mol. The molecule has 0 unspecified atom stereocenters. The minimum absolute atomic E-state index is 1.10. The average Bonchev–Trinajstić information content (AvgIpc) is 3.18. The van der Waals surface area contributed by atoms with Gasteiger partial charge in [0.15, 0.2) is 0 Å². The van der Waals surface area contributed by atoms with E-state index in [0.717, 1.165) is 60.3 Å². The minimum atomic E-state index is 1.10. The van der Waals surface area contributed by atoms with Gasteiger partial charge < -0.3 is 19.6 Å². The third-order valence-electron chi connectivity index (χ3n) is 10.0. The van der Waals surface area contributed by atoms with Gasteiger partial charge >= 0.3 is 0 Å². The Labute approximate surface area is 315 Å². The maximum Gasteiger partial charge on any atom is 0.0463 e. The summed E-state index contributed by atoms with van der Waals surface area (Å²) in [6, 6.07) is 45.2. The van der Waals surface area contributed by atoms with E-state index in [2.05, 4.69) is 182 Å². The van der Waals surface area contributed by atoms with Crippen molar-refractivity contribution in [3.63, 3.8) is 0 Å². The summed E-state index contributed by atoms with van der Waals surface area (Å²) in [4.78, 5) is 9.89. The van der Waals surface area contributed by atoms with E-state index >= 15 is 0 Å². The Balaban J connectivity index is 1.53. The number of rotatable bonds is 20. The van der Waals surface area contributed by atoms with Crippen LogP contribution in [0.3, 0.4) is 0 Å². The van der Waals surface area contributed by atoms with Crippen LogP contribution in [0.2, 0.25) is 0 Å². The first-order valence-electron chi connectivity index (χ1n) is 20.0. The highest BCUT2D eigenvalue weighted by molar-refractivity contribution is 5.82. The van der Waals surface area contributed by atoms with Gasteiger partial charge in [0.1, 0.15) is 0 Å². The van der Waals surface area contributed by atoms with Crippen molar-refractivity contribution in [2.45, 2.75) is 92.9 Å². The van der Waals surface area contributed by atoms with Gasteiger partial charge in [0, 0.05) is 71.7 Å². The molecule has 0 aliphatic carbocycles. The van der Waals surface area contributed by atoms with Gasteiger partial charge in [-0.05, 0) is 137 Å². The highest BCUT2D eigenvalue weighted by atomic mass is 15.2. The molecule has 0 bridgehead atoms. The fraction of sp³-hybridized carbons (Fsp3) is 0.375. The molecule has 0 saturated heterocycles. The molecule has 52 heavy (non-hydrogen) atoms. The van der Waals surface area contributed by atoms with Crippen molar-refractivity contribution < 1.29 is 0 Å². The molecule has 0 aromatic heterocycles. The van der Waals surface area contributed by atoms with E-state index < -0.39 is 0 Å². The first-order chi connectivity index (χ1) is 25.4. The summed E-state index contributed by atoms with van der Waals surface area (Å²) in [5.41, 5.74) is 12.0. The van der Waals surface area contributed by atoms with Crippen molar-refractivity contribution in [2.75, 3.05) is 45.8 Å². The summed E-state index contributed by atoms with van der Waals surface area (Å²) >= 11 is 0. The second kappa shape index (κ2) is 19.8. The Bertz CT molecular complexity index is 1600. The standard InChI is InChI=1S/C48H62N4/c1-7-11-35-49(36-12-8-2)41-23-27-45(28-24-41)52(46-29-25-42(26-30-46)50(37-13-9-3)38-14-10-4)48-33-31-47(32-34-48)51(43-19-15-39(5)16-20-43)44-21-17-40(6)18-22-44/h15-34H,7-14,35-38H2,1-6H3. The molecule has 0 spiro atoms. The Morgan fingerprint density at radius 2 is 0.481 bits per heavy atom. The lowest BCUT2D eigenvalue weighted by Crippen LogP contribution is -2.25. The van der Waals surface area contributed by atoms with Gasteiger partial charge in [0.05, 0.1) is 0 Å². The van der Waals surface area contributed by atoms with Gasteiger partial charge in [-0.25, -0.2) is 0 Å². The number of unbranched alkanes of at least 4 members (excludes halogenated alkanes) is 4. The summed E-state index contributed by atoms with van der Waals surface area (Å²) in [6.07, 6.45) is 9.69. The molecule has 0 aliphatic heterocycles. The van der Waals surface area contributed by atoms with Gasteiger partial charge in [0.25, 0.3) is 0 Å². The number of benzene rings is 5. The van der Waals surface area contributed by atoms with E-state index in [1.54, 1.807) is 0 Å². The molecule has 274 valence electrons. The third-order valence-corrected chi connectivity index (χ3v) is 10.0. The zero-order chi connectivity index (χ0) is 36.7. The molecule has 0 atom stereocenters. The first-order valence-corrected chi connectivity index (χ1v) is 20.0. The average molecular weight is 695 g/mol. The first kappa shape index (κ1) is 38.5. The van der Waals surface area contributed by atoms with Crippen LogP contribution in [0.4, 0.5) is 45.5 Å². The van der Waals surface area contributed by atoms with Gasteiger partial charge in [-0.3, -0.25) is 0 Å². The number of aryl methyl sites for hydroxylation is 2. The second-order valence-electron chi connectivity index (χ2n) is 14.3. The Hall–Kier alpha value is -4.70. The summed E-state index contributed by atoms with van der Waals surface area (Å²) < 4.78 is 0. The minimum Gasteiger partial charge on any atom is -0.372 e. The van der Waals surface area contributed by atoms with E-state index in [0.29, 0.717) is 0 Å². The van der Waals surface area contributed by atoms with Crippen LogP contribution in [0.5, 0.6) is 0 Å². The molecule has 5 rings (SSSR count). The molecule has 0 N–H and O–H groups in total.